The molecule has 3 aromatic rings. The van der Waals surface area contributed by atoms with Crippen LogP contribution in [-0.4, -0.2) is 44.7 Å². The maximum absolute atomic E-state index is 12.8. The van der Waals surface area contributed by atoms with Crippen LogP contribution in [0.1, 0.15) is 32.9 Å². The van der Waals surface area contributed by atoms with Crippen LogP contribution >= 0.6 is 0 Å². The molecule has 34 heavy (non-hydrogen) atoms. The molecule has 0 saturated heterocycles. The van der Waals surface area contributed by atoms with E-state index in [1.165, 1.54) is 0 Å². The number of aromatic nitrogens is 2. The second-order valence-electron chi connectivity index (χ2n) is 6.98. The number of hydrogen-bond acceptors (Lipinski definition) is 7. The average molecular weight is 474 g/mol. The molecule has 0 bridgehead atoms. The van der Waals surface area contributed by atoms with E-state index in [-0.39, 0.29) is 12.5 Å². The van der Waals surface area contributed by atoms with Gasteiger partial charge in [-0.3, -0.25) is 9.78 Å². The summed E-state index contributed by atoms with van der Waals surface area (Å²) in [4.78, 5) is 27.4. The van der Waals surface area contributed by atoms with E-state index in [1.807, 2.05) is 6.07 Å². The molecule has 0 spiro atoms. The van der Waals surface area contributed by atoms with Crippen LogP contribution in [0, 0.1) is 11.3 Å². The van der Waals surface area contributed by atoms with Crippen LogP contribution < -0.4 is 4.74 Å². The van der Waals surface area contributed by atoms with Crippen LogP contribution in [-0.2, 0) is 24.4 Å². The van der Waals surface area contributed by atoms with Crippen LogP contribution in [0.5, 0.6) is 5.75 Å². The smallest absolute Gasteiger partial charge is 0.486 e. The summed E-state index contributed by atoms with van der Waals surface area (Å²) in [6.07, 6.45) is -1.16. The number of pyridine rings is 1. The number of rotatable bonds is 4. The van der Waals surface area contributed by atoms with Crippen LogP contribution in [0.2, 0.25) is 0 Å². The summed E-state index contributed by atoms with van der Waals surface area (Å²) >= 11 is 0. The molecular formula is C22H17F3N4O5. The number of aliphatic carboxylic acids is 1. The lowest BCUT2D eigenvalue weighted by Gasteiger charge is -2.26. The second kappa shape index (κ2) is 10.5. The predicted octanol–water partition coefficient (Wildman–Crippen LogP) is 3.35. The quantitative estimate of drug-likeness (QED) is 0.609. The fraction of sp³-hybridized carbons (Fsp3) is 0.227. The lowest BCUT2D eigenvalue weighted by atomic mass is 10.0. The van der Waals surface area contributed by atoms with Crippen LogP contribution in [0.25, 0.3) is 0 Å². The van der Waals surface area contributed by atoms with E-state index in [2.05, 4.69) is 16.2 Å². The Balaban J connectivity index is 0.000000406. The Morgan fingerprint density at radius 3 is 2.53 bits per heavy atom. The summed E-state index contributed by atoms with van der Waals surface area (Å²) < 4.78 is 42.9. The molecule has 0 unspecified atom stereocenters. The van der Waals surface area contributed by atoms with Gasteiger partial charge >= 0.3 is 12.1 Å². The van der Waals surface area contributed by atoms with Gasteiger partial charge in [-0.15, -0.1) is 0 Å². The molecule has 1 N–H and O–H groups in total. The summed E-state index contributed by atoms with van der Waals surface area (Å²) in [6, 6.07) is 12.3. The number of nitrogens with zero attached hydrogens (tertiary/aromatic N) is 4. The number of carboxylic acid groups (broad SMARTS) is 1. The first-order chi connectivity index (χ1) is 16.2. The molecule has 1 amide bonds. The SMILES string of the molecule is N#Cc1ccc(C(=O)N2CCc3onc(COc4cccnc4)c3C2)cc1.O=C(O)C(F)(F)F. The molecule has 1 aromatic carbocycles. The number of amides is 1. The van der Waals surface area contributed by atoms with Gasteiger partial charge in [-0.1, -0.05) is 5.16 Å². The van der Waals surface area contributed by atoms with Crippen LogP contribution in [0.4, 0.5) is 13.2 Å². The highest BCUT2D eigenvalue weighted by Gasteiger charge is 2.38. The van der Waals surface area contributed by atoms with Crippen molar-refractivity contribution in [2.45, 2.75) is 25.7 Å². The third-order valence-corrected chi connectivity index (χ3v) is 4.71. The van der Waals surface area contributed by atoms with E-state index < -0.39 is 12.1 Å². The van der Waals surface area contributed by atoms with Gasteiger partial charge in [-0.2, -0.15) is 18.4 Å². The number of fused-ring (bicyclic) bond motifs is 1. The summed E-state index contributed by atoms with van der Waals surface area (Å²) in [5.41, 5.74) is 2.67. The molecule has 12 heteroatoms. The first-order valence-electron chi connectivity index (χ1n) is 9.77. The molecule has 0 saturated carbocycles. The number of carboxylic acids is 1. The number of carbonyl (C=O) groups excluding carboxylic acids is 1. The molecule has 0 radical (unpaired) electrons. The number of benzene rings is 1. The van der Waals surface area contributed by atoms with Crippen molar-refractivity contribution in [1.29, 1.82) is 5.26 Å². The maximum Gasteiger partial charge on any atom is 0.490 e. The molecular weight excluding hydrogens is 457 g/mol. The lowest BCUT2D eigenvalue weighted by molar-refractivity contribution is -0.192. The van der Waals surface area contributed by atoms with E-state index in [4.69, 9.17) is 24.4 Å². The summed E-state index contributed by atoms with van der Waals surface area (Å²) in [5.74, 6) is -1.39. The summed E-state index contributed by atoms with van der Waals surface area (Å²) in [7, 11) is 0. The zero-order chi connectivity index (χ0) is 24.7. The molecule has 1 aliphatic rings. The van der Waals surface area contributed by atoms with Crippen LogP contribution in [0.15, 0.2) is 53.3 Å². The normalized spacial score (nSPS) is 12.6. The minimum absolute atomic E-state index is 0.0783. The fourth-order valence-corrected chi connectivity index (χ4v) is 3.00. The number of carbonyl (C=O) groups is 2. The fourth-order valence-electron chi connectivity index (χ4n) is 3.00. The van der Waals surface area contributed by atoms with Crippen molar-refractivity contribution in [3.8, 4) is 11.8 Å². The zero-order valence-electron chi connectivity index (χ0n) is 17.5. The third-order valence-electron chi connectivity index (χ3n) is 4.71. The molecule has 0 aliphatic carbocycles. The number of nitriles is 1. The van der Waals surface area contributed by atoms with Crippen molar-refractivity contribution >= 4 is 11.9 Å². The Kier molecular flexibility index (Phi) is 7.47. The minimum Gasteiger partial charge on any atom is -0.486 e. The van der Waals surface area contributed by atoms with E-state index >= 15 is 0 Å². The monoisotopic (exact) mass is 474 g/mol. The van der Waals surface area contributed by atoms with Gasteiger partial charge in [0.1, 0.15) is 23.8 Å². The van der Waals surface area contributed by atoms with Gasteiger partial charge in [0.05, 0.1) is 24.4 Å². The molecule has 9 nitrogen and oxygen atoms in total. The minimum atomic E-state index is -5.08. The second-order valence-corrected chi connectivity index (χ2v) is 6.98. The number of ether oxygens (including phenoxy) is 1. The van der Waals surface area contributed by atoms with Crippen molar-refractivity contribution in [2.75, 3.05) is 6.54 Å². The Labute approximate surface area is 191 Å². The summed E-state index contributed by atoms with van der Waals surface area (Å²) in [5, 5.41) is 20.1. The molecule has 1 aliphatic heterocycles. The lowest BCUT2D eigenvalue weighted by Crippen LogP contribution is -2.36. The van der Waals surface area contributed by atoms with Gasteiger partial charge in [0, 0.05) is 30.3 Å². The molecule has 2 aromatic heterocycles. The van der Waals surface area contributed by atoms with Crippen molar-refractivity contribution in [3.05, 3.63) is 76.9 Å². The highest BCUT2D eigenvalue weighted by Crippen LogP contribution is 2.25. The Bertz CT molecular complexity index is 1190. The Morgan fingerprint density at radius 2 is 1.94 bits per heavy atom. The molecule has 0 fully saturated rings. The topological polar surface area (TPSA) is 130 Å². The van der Waals surface area contributed by atoms with Gasteiger partial charge in [-0.25, -0.2) is 4.79 Å². The van der Waals surface area contributed by atoms with Crippen molar-refractivity contribution < 1.29 is 37.1 Å². The van der Waals surface area contributed by atoms with Crippen LogP contribution in [0.3, 0.4) is 0 Å². The number of alkyl halides is 3. The highest BCUT2D eigenvalue weighted by atomic mass is 19.4. The van der Waals surface area contributed by atoms with E-state index in [9.17, 15) is 18.0 Å². The zero-order valence-corrected chi connectivity index (χ0v) is 17.5. The molecule has 176 valence electrons. The van der Waals surface area contributed by atoms with Gasteiger partial charge in [0.2, 0.25) is 0 Å². The van der Waals surface area contributed by atoms with E-state index in [0.717, 1.165) is 11.3 Å². The maximum atomic E-state index is 12.8. The molecule has 4 rings (SSSR count). The first-order valence-corrected chi connectivity index (χ1v) is 9.77. The van der Waals surface area contributed by atoms with Gasteiger partial charge < -0.3 is 19.3 Å². The Hall–Kier alpha value is -4.40. The highest BCUT2D eigenvalue weighted by molar-refractivity contribution is 5.94. The number of hydrogen-bond donors (Lipinski definition) is 1. The van der Waals surface area contributed by atoms with Crippen molar-refractivity contribution in [2.24, 2.45) is 0 Å². The van der Waals surface area contributed by atoms with Crippen molar-refractivity contribution in [1.82, 2.24) is 15.0 Å². The van der Waals surface area contributed by atoms with Gasteiger partial charge in [-0.05, 0) is 36.4 Å². The Morgan fingerprint density at radius 1 is 1.24 bits per heavy atom. The third kappa shape index (κ3) is 6.10. The standard InChI is InChI=1S/C20H16N4O3.C2HF3O2/c21-10-14-3-5-15(6-4-14)20(25)24-9-7-19-17(12-24)18(23-27-19)13-26-16-2-1-8-22-11-16;3-2(4,5)1(6)7/h1-6,8,11H,7,9,12-13H2;(H,6,7). The number of halogens is 3. The summed E-state index contributed by atoms with van der Waals surface area (Å²) in [6.45, 7) is 1.23. The van der Waals surface area contributed by atoms with E-state index in [1.54, 1.807) is 47.6 Å². The van der Waals surface area contributed by atoms with Crippen molar-refractivity contribution in [3.63, 3.8) is 0 Å². The van der Waals surface area contributed by atoms with E-state index in [0.29, 0.717) is 42.1 Å². The average Bonchev–Trinajstić information content (AvgIpc) is 3.25. The van der Waals surface area contributed by atoms with Gasteiger partial charge in [0.15, 0.2) is 0 Å². The first kappa shape index (κ1) is 24.2. The predicted molar refractivity (Wildman–Crippen MR) is 108 cm³/mol. The molecule has 0 atom stereocenters. The van der Waals surface area contributed by atoms with Gasteiger partial charge in [0.25, 0.3) is 5.91 Å². The molecule has 3 heterocycles. The largest absolute Gasteiger partial charge is 0.490 e.